The normalized spacial score (nSPS) is 39.5. The van der Waals surface area contributed by atoms with E-state index in [1.165, 1.54) is 6.42 Å². The van der Waals surface area contributed by atoms with E-state index in [4.69, 9.17) is 0 Å². The van der Waals surface area contributed by atoms with Crippen LogP contribution in [0, 0.1) is 17.8 Å². The maximum absolute atomic E-state index is 13.2. The highest BCUT2D eigenvalue weighted by atomic mass is 19.1. The van der Waals surface area contributed by atoms with Gasteiger partial charge in [-0.05, 0) is 30.6 Å². The molecule has 0 bridgehead atoms. The minimum Gasteiger partial charge on any atom is -0.247 e. The highest BCUT2D eigenvalue weighted by Crippen LogP contribution is 2.36. The van der Waals surface area contributed by atoms with Crippen LogP contribution >= 0.6 is 0 Å². The van der Waals surface area contributed by atoms with Crippen LogP contribution in [0.1, 0.15) is 40.0 Å². The fourth-order valence-electron chi connectivity index (χ4n) is 2.28. The lowest BCUT2D eigenvalue weighted by Gasteiger charge is -2.34. The van der Waals surface area contributed by atoms with Crippen molar-refractivity contribution in [2.45, 2.75) is 46.2 Å². The largest absolute Gasteiger partial charge is 0.247 e. The van der Waals surface area contributed by atoms with Crippen molar-refractivity contribution in [2.75, 3.05) is 0 Å². The van der Waals surface area contributed by atoms with Gasteiger partial charge in [-0.1, -0.05) is 27.2 Å². The molecule has 0 nitrogen and oxygen atoms in total. The van der Waals surface area contributed by atoms with Gasteiger partial charge in [-0.3, -0.25) is 0 Å². The van der Waals surface area contributed by atoms with E-state index < -0.39 is 6.17 Å². The summed E-state index contributed by atoms with van der Waals surface area (Å²) in [4.78, 5) is 0. The fourth-order valence-corrected chi connectivity index (χ4v) is 2.28. The first-order chi connectivity index (χ1) is 5.13. The van der Waals surface area contributed by atoms with Crippen LogP contribution in [0.3, 0.4) is 0 Å². The summed E-state index contributed by atoms with van der Waals surface area (Å²) in [6.45, 7) is 6.48. The highest BCUT2D eigenvalue weighted by molar-refractivity contribution is 4.80. The molecule has 0 radical (unpaired) electrons. The van der Waals surface area contributed by atoms with Crippen molar-refractivity contribution < 1.29 is 4.39 Å². The van der Waals surface area contributed by atoms with Crippen molar-refractivity contribution in [3.05, 3.63) is 0 Å². The molecule has 0 heterocycles. The Morgan fingerprint density at radius 2 is 1.91 bits per heavy atom. The summed E-state index contributed by atoms with van der Waals surface area (Å²) in [6.07, 6.45) is 2.59. The monoisotopic (exact) mass is 158 g/mol. The third-order valence-electron chi connectivity index (χ3n) is 3.12. The second kappa shape index (κ2) is 3.55. The van der Waals surface area contributed by atoms with Crippen LogP contribution in [-0.2, 0) is 0 Å². The van der Waals surface area contributed by atoms with Crippen molar-refractivity contribution in [3.63, 3.8) is 0 Å². The first-order valence-electron chi connectivity index (χ1n) is 4.77. The van der Waals surface area contributed by atoms with Crippen LogP contribution in [0.25, 0.3) is 0 Å². The van der Waals surface area contributed by atoms with Gasteiger partial charge < -0.3 is 0 Å². The first kappa shape index (κ1) is 9.02. The Morgan fingerprint density at radius 1 is 1.27 bits per heavy atom. The summed E-state index contributed by atoms with van der Waals surface area (Å²) < 4.78 is 13.2. The van der Waals surface area contributed by atoms with Gasteiger partial charge in [-0.15, -0.1) is 0 Å². The third kappa shape index (κ3) is 1.94. The molecule has 0 aromatic carbocycles. The number of hydrogen-bond acceptors (Lipinski definition) is 0. The molecular weight excluding hydrogens is 139 g/mol. The molecule has 66 valence electrons. The predicted octanol–water partition coefficient (Wildman–Crippen LogP) is 3.42. The van der Waals surface area contributed by atoms with E-state index in [-0.39, 0.29) is 0 Å². The van der Waals surface area contributed by atoms with Crippen molar-refractivity contribution in [1.29, 1.82) is 0 Å². The molecule has 0 amide bonds. The maximum Gasteiger partial charge on any atom is 0.103 e. The predicted molar refractivity (Wildman–Crippen MR) is 46.2 cm³/mol. The zero-order valence-electron chi connectivity index (χ0n) is 7.81. The fraction of sp³-hybridized carbons (Fsp3) is 1.00. The Morgan fingerprint density at radius 3 is 2.36 bits per heavy atom. The standard InChI is InChI=1S/C10H19F/c1-7(2)9-5-4-6-10(11)8(9)3/h7-10H,4-6H2,1-3H3/t8-,9-,10+/m0/s1. The molecule has 1 aliphatic rings. The summed E-state index contributed by atoms with van der Waals surface area (Å²) in [5.74, 6) is 1.58. The topological polar surface area (TPSA) is 0 Å². The lowest BCUT2D eigenvalue weighted by molar-refractivity contribution is 0.0920. The van der Waals surface area contributed by atoms with E-state index >= 15 is 0 Å². The highest BCUT2D eigenvalue weighted by Gasteiger charge is 2.31. The minimum atomic E-state index is -0.531. The second-order valence-electron chi connectivity index (χ2n) is 4.21. The van der Waals surface area contributed by atoms with Gasteiger partial charge in [0, 0.05) is 0 Å². The summed E-state index contributed by atoms with van der Waals surface area (Å²) in [7, 11) is 0. The molecule has 3 atom stereocenters. The summed E-state index contributed by atoms with van der Waals surface area (Å²) in [5.41, 5.74) is 0. The van der Waals surface area contributed by atoms with Gasteiger partial charge in [0.2, 0.25) is 0 Å². The van der Waals surface area contributed by atoms with Gasteiger partial charge in [-0.2, -0.15) is 0 Å². The molecule has 1 aliphatic carbocycles. The van der Waals surface area contributed by atoms with E-state index in [9.17, 15) is 4.39 Å². The van der Waals surface area contributed by atoms with Gasteiger partial charge in [0.1, 0.15) is 6.17 Å². The van der Waals surface area contributed by atoms with E-state index in [0.717, 1.165) is 12.8 Å². The van der Waals surface area contributed by atoms with Gasteiger partial charge in [0.15, 0.2) is 0 Å². The lowest BCUT2D eigenvalue weighted by Crippen LogP contribution is -2.30. The molecule has 0 N–H and O–H groups in total. The summed E-state index contributed by atoms with van der Waals surface area (Å²) in [6, 6.07) is 0. The zero-order chi connectivity index (χ0) is 8.43. The van der Waals surface area contributed by atoms with Crippen LogP contribution in [-0.4, -0.2) is 6.17 Å². The van der Waals surface area contributed by atoms with Crippen molar-refractivity contribution in [3.8, 4) is 0 Å². The zero-order valence-corrected chi connectivity index (χ0v) is 7.81. The second-order valence-corrected chi connectivity index (χ2v) is 4.21. The molecule has 0 aromatic heterocycles. The van der Waals surface area contributed by atoms with Crippen molar-refractivity contribution in [1.82, 2.24) is 0 Å². The summed E-state index contributed by atoms with van der Waals surface area (Å²) in [5, 5.41) is 0. The molecule has 0 aromatic rings. The maximum atomic E-state index is 13.2. The van der Waals surface area contributed by atoms with E-state index in [1.54, 1.807) is 0 Å². The third-order valence-corrected chi connectivity index (χ3v) is 3.12. The average Bonchev–Trinajstić information content (AvgIpc) is 1.94. The van der Waals surface area contributed by atoms with Crippen LogP contribution in [0.5, 0.6) is 0 Å². The van der Waals surface area contributed by atoms with Crippen LogP contribution in [0.2, 0.25) is 0 Å². The molecule has 11 heavy (non-hydrogen) atoms. The molecular formula is C10H19F. The van der Waals surface area contributed by atoms with Gasteiger partial charge >= 0.3 is 0 Å². The Bertz CT molecular complexity index is 120. The smallest absolute Gasteiger partial charge is 0.103 e. The molecule has 1 saturated carbocycles. The molecule has 1 fully saturated rings. The van der Waals surface area contributed by atoms with Crippen LogP contribution in [0.4, 0.5) is 4.39 Å². The molecule has 0 aliphatic heterocycles. The SMILES string of the molecule is CC(C)[C@@H]1CCC[C@@H](F)[C@H]1C. The minimum absolute atomic E-state index is 0.295. The number of hydrogen-bond donors (Lipinski definition) is 0. The molecule has 1 rings (SSSR count). The number of alkyl halides is 1. The van der Waals surface area contributed by atoms with Gasteiger partial charge in [-0.25, -0.2) is 4.39 Å². The van der Waals surface area contributed by atoms with Gasteiger partial charge in [0.25, 0.3) is 0 Å². The Balaban J connectivity index is 2.51. The van der Waals surface area contributed by atoms with E-state index in [1.807, 2.05) is 0 Å². The number of halogens is 1. The molecule has 0 spiro atoms. The van der Waals surface area contributed by atoms with Gasteiger partial charge in [0.05, 0.1) is 0 Å². The Hall–Kier alpha value is -0.0700. The Labute approximate surface area is 69.2 Å². The van der Waals surface area contributed by atoms with Crippen LogP contribution in [0.15, 0.2) is 0 Å². The quantitative estimate of drug-likeness (QED) is 0.548. The number of rotatable bonds is 1. The van der Waals surface area contributed by atoms with Crippen LogP contribution < -0.4 is 0 Å². The summed E-state index contributed by atoms with van der Waals surface area (Å²) >= 11 is 0. The van der Waals surface area contributed by atoms with Crippen molar-refractivity contribution in [2.24, 2.45) is 17.8 Å². The van der Waals surface area contributed by atoms with E-state index in [2.05, 4.69) is 20.8 Å². The average molecular weight is 158 g/mol. The van der Waals surface area contributed by atoms with E-state index in [0.29, 0.717) is 17.8 Å². The Kier molecular flexibility index (Phi) is 2.91. The molecule has 0 unspecified atom stereocenters. The lowest BCUT2D eigenvalue weighted by atomic mass is 9.73. The first-order valence-corrected chi connectivity index (χ1v) is 4.77. The van der Waals surface area contributed by atoms with Crippen molar-refractivity contribution >= 4 is 0 Å². The molecule has 0 saturated heterocycles. The molecule has 1 heteroatoms.